The van der Waals surface area contributed by atoms with Gasteiger partial charge in [-0.05, 0) is 25.5 Å². The molecule has 0 fully saturated rings. The van der Waals surface area contributed by atoms with Crippen LogP contribution >= 0.6 is 0 Å². The number of sulfonamides is 1. The topological polar surface area (TPSA) is 98.2 Å². The van der Waals surface area contributed by atoms with E-state index in [1.54, 1.807) is 18.2 Å². The zero-order valence-corrected chi connectivity index (χ0v) is 10.00. The highest BCUT2D eigenvalue weighted by molar-refractivity contribution is 7.89. The molecular weight excluding hydrogens is 226 g/mol. The summed E-state index contributed by atoms with van der Waals surface area (Å²) in [6.45, 7) is 2.51. The number of hydrogen-bond donors (Lipinski definition) is 3. The van der Waals surface area contributed by atoms with Crippen molar-refractivity contribution in [2.45, 2.75) is 24.3 Å². The first-order valence-corrected chi connectivity index (χ1v) is 6.57. The van der Waals surface area contributed by atoms with Crippen molar-refractivity contribution in [2.24, 2.45) is 10.9 Å². The van der Waals surface area contributed by atoms with Gasteiger partial charge in [0.1, 0.15) is 4.90 Å². The van der Waals surface area contributed by atoms with Crippen molar-refractivity contribution in [1.82, 2.24) is 0 Å². The van der Waals surface area contributed by atoms with Gasteiger partial charge in [-0.25, -0.2) is 13.6 Å². The van der Waals surface area contributed by atoms with E-state index in [4.69, 9.17) is 10.9 Å². The Bertz CT molecular complexity index is 443. The SMILES string of the molecule is CC(N)CCNc1ccccc1S(N)(=O)=O. The standard InChI is InChI=1S/C10H17N3O2S/c1-8(11)6-7-13-9-4-2-3-5-10(9)16(12,14)15/h2-5,8,13H,6-7,11H2,1H3,(H2,12,14,15). The lowest BCUT2D eigenvalue weighted by atomic mass is 10.2. The lowest BCUT2D eigenvalue weighted by Crippen LogP contribution is -2.20. The minimum Gasteiger partial charge on any atom is -0.384 e. The summed E-state index contributed by atoms with van der Waals surface area (Å²) < 4.78 is 22.5. The predicted octanol–water partition coefficient (Wildman–Crippen LogP) is 0.483. The summed E-state index contributed by atoms with van der Waals surface area (Å²) >= 11 is 0. The van der Waals surface area contributed by atoms with Crippen LogP contribution in [0.15, 0.2) is 29.2 Å². The summed E-state index contributed by atoms with van der Waals surface area (Å²) in [4.78, 5) is 0.111. The van der Waals surface area contributed by atoms with Crippen LogP contribution in [0.25, 0.3) is 0 Å². The second-order valence-electron chi connectivity index (χ2n) is 3.73. The van der Waals surface area contributed by atoms with Crippen molar-refractivity contribution in [3.05, 3.63) is 24.3 Å². The second-order valence-corrected chi connectivity index (χ2v) is 5.26. The smallest absolute Gasteiger partial charge is 0.240 e. The molecule has 1 aromatic carbocycles. The predicted molar refractivity (Wildman–Crippen MR) is 64.6 cm³/mol. The van der Waals surface area contributed by atoms with Crippen molar-refractivity contribution in [2.75, 3.05) is 11.9 Å². The molecule has 5 N–H and O–H groups in total. The second kappa shape index (κ2) is 5.29. The molecule has 0 aliphatic rings. The average molecular weight is 243 g/mol. The third-order valence-corrected chi connectivity index (χ3v) is 3.08. The van der Waals surface area contributed by atoms with Crippen LogP contribution in [-0.2, 0) is 10.0 Å². The highest BCUT2D eigenvalue weighted by atomic mass is 32.2. The number of para-hydroxylation sites is 1. The van der Waals surface area contributed by atoms with E-state index in [9.17, 15) is 8.42 Å². The number of primary sulfonamides is 1. The van der Waals surface area contributed by atoms with Crippen molar-refractivity contribution in [3.8, 4) is 0 Å². The number of benzene rings is 1. The van der Waals surface area contributed by atoms with Crippen LogP contribution in [0.2, 0.25) is 0 Å². The highest BCUT2D eigenvalue weighted by Crippen LogP contribution is 2.18. The third-order valence-electron chi connectivity index (χ3n) is 2.11. The Balaban J connectivity index is 2.80. The van der Waals surface area contributed by atoms with Gasteiger partial charge in [0, 0.05) is 12.6 Å². The molecule has 0 aromatic heterocycles. The molecule has 5 nitrogen and oxygen atoms in total. The lowest BCUT2D eigenvalue weighted by molar-refractivity contribution is 0.598. The number of hydrogen-bond acceptors (Lipinski definition) is 4. The fraction of sp³-hybridized carbons (Fsp3) is 0.400. The largest absolute Gasteiger partial charge is 0.384 e. The lowest BCUT2D eigenvalue weighted by Gasteiger charge is -2.11. The first-order valence-electron chi connectivity index (χ1n) is 5.02. The van der Waals surface area contributed by atoms with Gasteiger partial charge in [0.15, 0.2) is 0 Å². The molecule has 0 saturated heterocycles. The van der Waals surface area contributed by atoms with Gasteiger partial charge in [0.05, 0.1) is 5.69 Å². The van der Waals surface area contributed by atoms with Gasteiger partial charge >= 0.3 is 0 Å². The maximum Gasteiger partial charge on any atom is 0.240 e. The number of rotatable bonds is 5. The molecule has 0 spiro atoms. The molecule has 0 aliphatic heterocycles. The van der Waals surface area contributed by atoms with Gasteiger partial charge in [-0.15, -0.1) is 0 Å². The number of nitrogens with two attached hydrogens (primary N) is 2. The first-order chi connectivity index (χ1) is 7.41. The van der Waals surface area contributed by atoms with Crippen molar-refractivity contribution >= 4 is 15.7 Å². The van der Waals surface area contributed by atoms with Crippen molar-refractivity contribution in [3.63, 3.8) is 0 Å². The van der Waals surface area contributed by atoms with Crippen molar-refractivity contribution in [1.29, 1.82) is 0 Å². The third kappa shape index (κ3) is 3.80. The van der Waals surface area contributed by atoms with Crippen LogP contribution in [0.4, 0.5) is 5.69 Å². The minimum absolute atomic E-state index is 0.0779. The number of anilines is 1. The Morgan fingerprint density at radius 2 is 2.00 bits per heavy atom. The van der Waals surface area contributed by atoms with E-state index in [1.807, 2.05) is 6.92 Å². The molecule has 6 heteroatoms. The molecule has 0 heterocycles. The van der Waals surface area contributed by atoms with Crippen LogP contribution in [-0.4, -0.2) is 21.0 Å². The molecule has 0 radical (unpaired) electrons. The van der Waals surface area contributed by atoms with Crippen LogP contribution in [0, 0.1) is 0 Å². The quantitative estimate of drug-likeness (QED) is 0.700. The summed E-state index contributed by atoms with van der Waals surface area (Å²) in [7, 11) is -3.68. The van der Waals surface area contributed by atoms with Gasteiger partial charge < -0.3 is 11.1 Å². The van der Waals surface area contributed by atoms with Gasteiger partial charge in [0.25, 0.3) is 0 Å². The van der Waals surface area contributed by atoms with E-state index < -0.39 is 10.0 Å². The molecule has 90 valence electrons. The fourth-order valence-corrected chi connectivity index (χ4v) is 2.01. The van der Waals surface area contributed by atoms with Crippen LogP contribution < -0.4 is 16.2 Å². The van der Waals surface area contributed by atoms with E-state index in [0.29, 0.717) is 12.2 Å². The van der Waals surface area contributed by atoms with Crippen LogP contribution in [0.3, 0.4) is 0 Å². The van der Waals surface area contributed by atoms with E-state index in [-0.39, 0.29) is 10.9 Å². The molecule has 0 bridgehead atoms. The zero-order chi connectivity index (χ0) is 12.2. The van der Waals surface area contributed by atoms with Gasteiger partial charge in [-0.3, -0.25) is 0 Å². The van der Waals surface area contributed by atoms with E-state index >= 15 is 0 Å². The summed E-state index contributed by atoms with van der Waals surface area (Å²) in [6.07, 6.45) is 0.763. The van der Waals surface area contributed by atoms with E-state index in [0.717, 1.165) is 6.42 Å². The maximum atomic E-state index is 11.3. The molecule has 16 heavy (non-hydrogen) atoms. The van der Waals surface area contributed by atoms with Crippen LogP contribution in [0.1, 0.15) is 13.3 Å². The molecule has 0 aliphatic carbocycles. The number of nitrogens with one attached hydrogen (secondary N) is 1. The van der Waals surface area contributed by atoms with Gasteiger partial charge in [-0.2, -0.15) is 0 Å². The van der Waals surface area contributed by atoms with E-state index in [2.05, 4.69) is 5.32 Å². The minimum atomic E-state index is -3.68. The Kier molecular flexibility index (Phi) is 4.28. The summed E-state index contributed by atoms with van der Waals surface area (Å²) in [5.41, 5.74) is 6.12. The molecule has 1 aromatic rings. The maximum absolute atomic E-state index is 11.3. The highest BCUT2D eigenvalue weighted by Gasteiger charge is 2.12. The summed E-state index contributed by atoms with van der Waals surface area (Å²) in [6, 6.07) is 6.62. The van der Waals surface area contributed by atoms with Gasteiger partial charge in [-0.1, -0.05) is 12.1 Å². The summed E-state index contributed by atoms with van der Waals surface area (Å²) in [5.74, 6) is 0. The van der Waals surface area contributed by atoms with Gasteiger partial charge in [0.2, 0.25) is 10.0 Å². The molecule has 0 amide bonds. The van der Waals surface area contributed by atoms with E-state index in [1.165, 1.54) is 6.07 Å². The molecule has 1 unspecified atom stereocenters. The zero-order valence-electron chi connectivity index (χ0n) is 9.18. The Labute approximate surface area is 95.9 Å². The van der Waals surface area contributed by atoms with Crippen LogP contribution in [0.5, 0.6) is 0 Å². The molecular formula is C10H17N3O2S. The summed E-state index contributed by atoms with van der Waals surface area (Å²) in [5, 5.41) is 8.11. The Morgan fingerprint density at radius 1 is 1.38 bits per heavy atom. The Morgan fingerprint density at radius 3 is 2.56 bits per heavy atom. The first kappa shape index (κ1) is 13.0. The Hall–Kier alpha value is -1.11. The molecule has 1 atom stereocenters. The average Bonchev–Trinajstić information content (AvgIpc) is 2.16. The monoisotopic (exact) mass is 243 g/mol. The van der Waals surface area contributed by atoms with Crippen molar-refractivity contribution < 1.29 is 8.42 Å². The molecule has 0 saturated carbocycles. The molecule has 1 rings (SSSR count). The fourth-order valence-electron chi connectivity index (χ4n) is 1.30. The normalized spacial score (nSPS) is 13.4.